The number of nitrogens with one attached hydrogen (secondary N) is 1. The largest absolute Gasteiger partial charge is 0.383 e. The van der Waals surface area contributed by atoms with Gasteiger partial charge in [-0.15, -0.1) is 0 Å². The number of rotatable bonds is 8. The molecule has 0 amide bonds. The molecule has 2 nitrogen and oxygen atoms in total. The molecule has 2 fully saturated rings. The molecule has 0 aromatic heterocycles. The van der Waals surface area contributed by atoms with Crippen LogP contribution < -0.4 is 5.32 Å². The average molecular weight is 225 g/mol. The Bertz CT molecular complexity index is 185. The van der Waals surface area contributed by atoms with Gasteiger partial charge >= 0.3 is 0 Å². The van der Waals surface area contributed by atoms with Crippen LogP contribution >= 0.6 is 0 Å². The third kappa shape index (κ3) is 4.06. The van der Waals surface area contributed by atoms with E-state index in [2.05, 4.69) is 5.32 Å². The van der Waals surface area contributed by atoms with Crippen LogP contribution in [-0.2, 0) is 4.74 Å². The molecule has 16 heavy (non-hydrogen) atoms. The van der Waals surface area contributed by atoms with Crippen LogP contribution in [0.4, 0.5) is 0 Å². The second-order valence-electron chi connectivity index (χ2n) is 5.65. The lowest BCUT2D eigenvalue weighted by Crippen LogP contribution is -2.35. The third-order valence-corrected chi connectivity index (χ3v) is 4.21. The summed E-state index contributed by atoms with van der Waals surface area (Å²) in [5.74, 6) is 1.95. The zero-order valence-corrected chi connectivity index (χ0v) is 10.7. The van der Waals surface area contributed by atoms with E-state index in [0.29, 0.717) is 6.04 Å². The highest BCUT2D eigenvalue weighted by Crippen LogP contribution is 2.33. The Labute approximate surface area is 100 Å². The summed E-state index contributed by atoms with van der Waals surface area (Å²) in [4.78, 5) is 0. The van der Waals surface area contributed by atoms with Crippen LogP contribution in [-0.4, -0.2) is 26.3 Å². The smallest absolute Gasteiger partial charge is 0.0618 e. The fourth-order valence-corrected chi connectivity index (χ4v) is 3.02. The number of hydrogen-bond donors (Lipinski definition) is 1. The molecule has 0 aromatic rings. The lowest BCUT2D eigenvalue weighted by atomic mass is 10.0. The van der Waals surface area contributed by atoms with Crippen molar-refractivity contribution in [1.82, 2.24) is 5.32 Å². The molecule has 0 heterocycles. The first kappa shape index (κ1) is 12.4. The van der Waals surface area contributed by atoms with E-state index in [0.717, 1.165) is 18.4 Å². The van der Waals surface area contributed by atoms with Crippen LogP contribution in [0.5, 0.6) is 0 Å². The molecule has 0 aromatic carbocycles. The molecular formula is C14H27NO. The van der Waals surface area contributed by atoms with Gasteiger partial charge in [-0.3, -0.25) is 0 Å². The summed E-state index contributed by atoms with van der Waals surface area (Å²) in [6.45, 7) is 2.09. The van der Waals surface area contributed by atoms with Gasteiger partial charge in [0, 0.05) is 13.2 Å². The van der Waals surface area contributed by atoms with Crippen LogP contribution in [0.15, 0.2) is 0 Å². The Hall–Kier alpha value is -0.0800. The van der Waals surface area contributed by atoms with Gasteiger partial charge in [0.25, 0.3) is 0 Å². The van der Waals surface area contributed by atoms with Crippen LogP contribution in [0.2, 0.25) is 0 Å². The molecule has 0 spiro atoms. The van der Waals surface area contributed by atoms with Crippen molar-refractivity contribution in [2.45, 2.75) is 57.4 Å². The molecule has 0 bridgehead atoms. The highest BCUT2D eigenvalue weighted by molar-refractivity contribution is 4.86. The van der Waals surface area contributed by atoms with Gasteiger partial charge in [-0.2, -0.15) is 0 Å². The summed E-state index contributed by atoms with van der Waals surface area (Å²) in [6, 6.07) is 0.633. The van der Waals surface area contributed by atoms with Gasteiger partial charge in [0.15, 0.2) is 0 Å². The molecule has 94 valence electrons. The van der Waals surface area contributed by atoms with Crippen LogP contribution in [0.25, 0.3) is 0 Å². The fourth-order valence-electron chi connectivity index (χ4n) is 3.02. The molecule has 1 atom stereocenters. The monoisotopic (exact) mass is 225 g/mol. The minimum absolute atomic E-state index is 0.633. The van der Waals surface area contributed by atoms with Gasteiger partial charge in [-0.05, 0) is 44.1 Å². The van der Waals surface area contributed by atoms with E-state index in [-0.39, 0.29) is 0 Å². The maximum atomic E-state index is 5.27. The fraction of sp³-hybridized carbons (Fsp3) is 1.00. The molecule has 2 saturated carbocycles. The lowest BCUT2D eigenvalue weighted by molar-refractivity contribution is 0.157. The zero-order chi connectivity index (χ0) is 11.2. The quantitative estimate of drug-likeness (QED) is 0.641. The van der Waals surface area contributed by atoms with Crippen molar-refractivity contribution in [1.29, 1.82) is 0 Å². The number of hydrogen-bond acceptors (Lipinski definition) is 2. The molecule has 2 rings (SSSR count). The summed E-state index contributed by atoms with van der Waals surface area (Å²) in [5.41, 5.74) is 0. The molecule has 2 aliphatic carbocycles. The third-order valence-electron chi connectivity index (χ3n) is 4.21. The molecule has 0 aliphatic heterocycles. The predicted molar refractivity (Wildman–Crippen MR) is 67.6 cm³/mol. The topological polar surface area (TPSA) is 21.3 Å². The first-order valence-electron chi connectivity index (χ1n) is 7.12. The van der Waals surface area contributed by atoms with Gasteiger partial charge in [0.05, 0.1) is 6.61 Å². The maximum absolute atomic E-state index is 5.27. The van der Waals surface area contributed by atoms with Crippen molar-refractivity contribution in [3.63, 3.8) is 0 Å². The van der Waals surface area contributed by atoms with Crippen molar-refractivity contribution in [3.8, 4) is 0 Å². The highest BCUT2D eigenvalue weighted by Gasteiger charge is 2.30. The van der Waals surface area contributed by atoms with E-state index >= 15 is 0 Å². The predicted octanol–water partition coefficient (Wildman–Crippen LogP) is 2.97. The minimum atomic E-state index is 0.633. The summed E-state index contributed by atoms with van der Waals surface area (Å²) in [6.07, 6.45) is 11.6. The van der Waals surface area contributed by atoms with Gasteiger partial charge in [-0.1, -0.05) is 25.7 Å². The van der Waals surface area contributed by atoms with Gasteiger partial charge in [0.2, 0.25) is 0 Å². The Morgan fingerprint density at radius 3 is 2.56 bits per heavy atom. The Kier molecular flexibility index (Phi) is 5.11. The van der Waals surface area contributed by atoms with Crippen molar-refractivity contribution < 1.29 is 4.74 Å². The van der Waals surface area contributed by atoms with Gasteiger partial charge < -0.3 is 10.1 Å². The summed E-state index contributed by atoms with van der Waals surface area (Å²) < 4.78 is 5.27. The van der Waals surface area contributed by atoms with Crippen LogP contribution in [0, 0.1) is 11.8 Å². The summed E-state index contributed by atoms with van der Waals surface area (Å²) >= 11 is 0. The van der Waals surface area contributed by atoms with Crippen LogP contribution in [0.3, 0.4) is 0 Å². The molecule has 1 unspecified atom stereocenters. The average Bonchev–Trinajstić information content (AvgIpc) is 3.01. The molecule has 0 saturated heterocycles. The Morgan fingerprint density at radius 1 is 1.19 bits per heavy atom. The molecule has 1 N–H and O–H groups in total. The molecule has 2 aliphatic rings. The Morgan fingerprint density at radius 2 is 1.94 bits per heavy atom. The molecule has 0 radical (unpaired) electrons. The Balaban J connectivity index is 1.51. The second-order valence-corrected chi connectivity index (χ2v) is 5.65. The van der Waals surface area contributed by atoms with Crippen LogP contribution in [0.1, 0.15) is 51.4 Å². The highest BCUT2D eigenvalue weighted by atomic mass is 16.5. The van der Waals surface area contributed by atoms with E-state index in [1.807, 2.05) is 7.11 Å². The van der Waals surface area contributed by atoms with Gasteiger partial charge in [-0.25, -0.2) is 0 Å². The lowest BCUT2D eigenvalue weighted by Gasteiger charge is -2.17. The molecule has 2 heteroatoms. The molecular weight excluding hydrogens is 198 g/mol. The van der Waals surface area contributed by atoms with Crippen molar-refractivity contribution in [2.75, 3.05) is 20.3 Å². The number of ether oxygens (including phenoxy) is 1. The van der Waals surface area contributed by atoms with Crippen molar-refractivity contribution in [3.05, 3.63) is 0 Å². The number of methoxy groups -OCH3 is 1. The van der Waals surface area contributed by atoms with E-state index in [1.54, 1.807) is 0 Å². The first-order valence-corrected chi connectivity index (χ1v) is 7.12. The van der Waals surface area contributed by atoms with E-state index < -0.39 is 0 Å². The van der Waals surface area contributed by atoms with Gasteiger partial charge in [0.1, 0.15) is 0 Å². The normalized spacial score (nSPS) is 23.8. The van der Waals surface area contributed by atoms with E-state index in [1.165, 1.54) is 57.9 Å². The van der Waals surface area contributed by atoms with E-state index in [4.69, 9.17) is 4.74 Å². The van der Waals surface area contributed by atoms with Crippen molar-refractivity contribution in [2.24, 2.45) is 11.8 Å². The van der Waals surface area contributed by atoms with Crippen molar-refractivity contribution >= 4 is 0 Å². The maximum Gasteiger partial charge on any atom is 0.0618 e. The summed E-state index contributed by atoms with van der Waals surface area (Å²) in [5, 5.41) is 3.68. The standard InChI is InChI=1S/C14H27NO/c1-16-11-14(13-8-9-13)15-10-4-7-12-5-2-3-6-12/h12-15H,2-11H2,1H3. The second kappa shape index (κ2) is 6.61. The zero-order valence-electron chi connectivity index (χ0n) is 10.7. The SMILES string of the molecule is COCC(NCCCC1CCCC1)C1CC1. The summed E-state index contributed by atoms with van der Waals surface area (Å²) in [7, 11) is 1.82. The van der Waals surface area contributed by atoms with E-state index in [9.17, 15) is 0 Å². The first-order chi connectivity index (χ1) is 7.90. The minimum Gasteiger partial charge on any atom is -0.383 e.